The van der Waals surface area contributed by atoms with Crippen molar-refractivity contribution < 1.29 is 18.8 Å². The van der Waals surface area contributed by atoms with Crippen molar-refractivity contribution in [3.8, 4) is 0 Å². The van der Waals surface area contributed by atoms with E-state index in [1.54, 1.807) is 35.2 Å². The number of benzene rings is 2. The minimum absolute atomic E-state index is 0.0315. The van der Waals surface area contributed by atoms with Crippen molar-refractivity contribution in [3.05, 3.63) is 63.0 Å². The van der Waals surface area contributed by atoms with E-state index in [-0.39, 0.29) is 53.1 Å². The summed E-state index contributed by atoms with van der Waals surface area (Å²) < 4.78 is 16.4. The SMILES string of the molecule is NC(=O)c1nn(CC(=O)N2[C@@H]3CC[C@@H](C3)[C@H]2C(=O)NCc2c(Br)ccc(Cl)c2F)c2ccccc12. The predicted molar refractivity (Wildman–Crippen MR) is 131 cm³/mol. The van der Waals surface area contributed by atoms with Crippen LogP contribution in [0.3, 0.4) is 0 Å². The van der Waals surface area contributed by atoms with E-state index in [9.17, 15) is 18.8 Å². The van der Waals surface area contributed by atoms with Crippen molar-refractivity contribution >= 4 is 56.2 Å². The number of piperidine rings is 1. The zero-order chi connectivity index (χ0) is 24.9. The van der Waals surface area contributed by atoms with Crippen LogP contribution in [0, 0.1) is 11.7 Å². The smallest absolute Gasteiger partial charge is 0.269 e. The van der Waals surface area contributed by atoms with Gasteiger partial charge in [-0.15, -0.1) is 0 Å². The van der Waals surface area contributed by atoms with Crippen molar-refractivity contribution in [2.45, 2.75) is 44.4 Å². The first-order chi connectivity index (χ1) is 16.8. The second-order valence-electron chi connectivity index (χ2n) is 8.90. The number of fused-ring (bicyclic) bond motifs is 3. The molecule has 3 N–H and O–H groups in total. The Labute approximate surface area is 213 Å². The lowest BCUT2D eigenvalue weighted by atomic mass is 9.97. The van der Waals surface area contributed by atoms with E-state index in [0.717, 1.165) is 19.3 Å². The molecule has 2 bridgehead atoms. The number of hydrogen-bond acceptors (Lipinski definition) is 4. The Morgan fingerprint density at radius 2 is 1.97 bits per heavy atom. The van der Waals surface area contributed by atoms with Crippen LogP contribution in [0.25, 0.3) is 10.9 Å². The van der Waals surface area contributed by atoms with Gasteiger partial charge in [-0.1, -0.05) is 45.7 Å². The van der Waals surface area contributed by atoms with Gasteiger partial charge in [0.2, 0.25) is 11.8 Å². The van der Waals surface area contributed by atoms with Crippen molar-refractivity contribution in [1.29, 1.82) is 0 Å². The zero-order valence-electron chi connectivity index (χ0n) is 18.5. The summed E-state index contributed by atoms with van der Waals surface area (Å²) in [6.45, 7) is -0.192. The highest BCUT2D eigenvalue weighted by Gasteiger charge is 2.51. The van der Waals surface area contributed by atoms with Gasteiger partial charge in [-0.2, -0.15) is 5.10 Å². The van der Waals surface area contributed by atoms with Crippen LogP contribution in [0.4, 0.5) is 4.39 Å². The molecule has 5 rings (SSSR count). The van der Waals surface area contributed by atoms with Crippen molar-refractivity contribution in [1.82, 2.24) is 20.0 Å². The van der Waals surface area contributed by atoms with Crippen molar-refractivity contribution in [3.63, 3.8) is 0 Å². The lowest BCUT2D eigenvalue weighted by Crippen LogP contribution is -2.53. The van der Waals surface area contributed by atoms with E-state index in [2.05, 4.69) is 26.3 Å². The fraction of sp³-hybridized carbons (Fsp3) is 0.333. The zero-order valence-corrected chi connectivity index (χ0v) is 20.9. The first kappa shape index (κ1) is 23.7. The molecule has 0 radical (unpaired) electrons. The van der Waals surface area contributed by atoms with E-state index in [4.69, 9.17) is 17.3 Å². The number of nitrogens with two attached hydrogens (primary N) is 1. The van der Waals surface area contributed by atoms with Crippen molar-refractivity contribution in [2.24, 2.45) is 11.7 Å². The van der Waals surface area contributed by atoms with E-state index in [1.807, 2.05) is 0 Å². The fourth-order valence-corrected chi connectivity index (χ4v) is 5.96. The van der Waals surface area contributed by atoms with Gasteiger partial charge in [-0.3, -0.25) is 19.1 Å². The number of carbonyl (C=O) groups is 3. The molecule has 35 heavy (non-hydrogen) atoms. The monoisotopic (exact) mass is 561 g/mol. The van der Waals surface area contributed by atoms with Gasteiger partial charge in [0.1, 0.15) is 18.4 Å². The number of nitrogens with one attached hydrogen (secondary N) is 1. The number of para-hydroxylation sites is 1. The van der Waals surface area contributed by atoms with Gasteiger partial charge in [0, 0.05) is 28.0 Å². The molecule has 3 amide bonds. The molecule has 8 nitrogen and oxygen atoms in total. The number of nitrogens with zero attached hydrogens (tertiary/aromatic N) is 3. The summed E-state index contributed by atoms with van der Waals surface area (Å²) >= 11 is 9.18. The van der Waals surface area contributed by atoms with Crippen molar-refractivity contribution in [2.75, 3.05) is 0 Å². The molecule has 2 heterocycles. The van der Waals surface area contributed by atoms with Crippen LogP contribution in [-0.2, 0) is 22.7 Å². The van der Waals surface area contributed by atoms with Crippen LogP contribution in [0.5, 0.6) is 0 Å². The standard InChI is InChI=1S/C24H22BrClFN5O3/c25-16-7-8-17(26)20(27)15(16)10-29-24(35)22-12-5-6-13(9-12)32(22)19(33)11-31-18-4-2-1-3-14(18)21(30-31)23(28)34/h1-4,7-8,12-13,22H,5-6,9-11H2,(H2,28,34)(H,29,35)/t12-,13+,22-/m0/s1. The number of primary amides is 1. The van der Waals surface area contributed by atoms with Gasteiger partial charge in [-0.05, 0) is 43.4 Å². The first-order valence-electron chi connectivity index (χ1n) is 11.2. The second kappa shape index (κ2) is 9.23. The van der Waals surface area contributed by atoms with Gasteiger partial charge >= 0.3 is 0 Å². The number of halogens is 3. The van der Waals surface area contributed by atoms with Gasteiger partial charge in [0.25, 0.3) is 5.91 Å². The van der Waals surface area contributed by atoms with Gasteiger partial charge < -0.3 is 16.0 Å². The van der Waals surface area contributed by atoms with E-state index in [0.29, 0.717) is 15.4 Å². The third kappa shape index (κ3) is 4.18. The molecule has 182 valence electrons. The molecular weight excluding hydrogens is 541 g/mol. The molecule has 0 unspecified atom stereocenters. The van der Waals surface area contributed by atoms with Gasteiger partial charge in [0.15, 0.2) is 5.69 Å². The number of likely N-dealkylation sites (tertiary alicyclic amines) is 1. The highest BCUT2D eigenvalue weighted by Crippen LogP contribution is 2.43. The van der Waals surface area contributed by atoms with Crippen LogP contribution in [-0.4, -0.2) is 44.5 Å². The Balaban J connectivity index is 1.36. The predicted octanol–water partition coefficient (Wildman–Crippen LogP) is 3.39. The highest BCUT2D eigenvalue weighted by molar-refractivity contribution is 9.10. The summed E-state index contributed by atoms with van der Waals surface area (Å²) in [5.74, 6) is -1.84. The quantitative estimate of drug-likeness (QED) is 0.449. The Hall–Kier alpha value is -2.98. The summed E-state index contributed by atoms with van der Waals surface area (Å²) in [5, 5.41) is 7.59. The lowest BCUT2D eigenvalue weighted by Gasteiger charge is -2.34. The van der Waals surface area contributed by atoms with Crippen LogP contribution >= 0.6 is 27.5 Å². The van der Waals surface area contributed by atoms with Crippen LogP contribution < -0.4 is 11.1 Å². The minimum atomic E-state index is -0.677. The summed E-state index contributed by atoms with van der Waals surface area (Å²) in [6, 6.07) is 9.40. The molecule has 1 aliphatic carbocycles. The van der Waals surface area contributed by atoms with Crippen LogP contribution in [0.1, 0.15) is 35.3 Å². The third-order valence-electron chi connectivity index (χ3n) is 6.90. The second-order valence-corrected chi connectivity index (χ2v) is 10.2. The topological polar surface area (TPSA) is 110 Å². The molecule has 3 atom stereocenters. The maximum Gasteiger partial charge on any atom is 0.269 e. The maximum atomic E-state index is 14.5. The van der Waals surface area contributed by atoms with Gasteiger partial charge in [0.05, 0.1) is 10.5 Å². The fourth-order valence-electron chi connectivity index (χ4n) is 5.34. The molecule has 2 fully saturated rings. The number of rotatable bonds is 6. The summed E-state index contributed by atoms with van der Waals surface area (Å²) in [7, 11) is 0. The van der Waals surface area contributed by atoms with E-state index in [1.165, 1.54) is 10.7 Å². The van der Waals surface area contributed by atoms with E-state index < -0.39 is 17.8 Å². The van der Waals surface area contributed by atoms with E-state index >= 15 is 0 Å². The molecule has 2 aliphatic rings. The Morgan fingerprint density at radius 3 is 2.74 bits per heavy atom. The Kier molecular flexibility index (Phi) is 6.27. The van der Waals surface area contributed by atoms with Crippen LogP contribution in [0.2, 0.25) is 5.02 Å². The molecular formula is C24H22BrClFN5O3. The number of hydrogen-bond donors (Lipinski definition) is 2. The average molecular weight is 563 g/mol. The number of aromatic nitrogens is 2. The molecule has 1 saturated heterocycles. The summed E-state index contributed by atoms with van der Waals surface area (Å²) in [4.78, 5) is 40.1. The minimum Gasteiger partial charge on any atom is -0.364 e. The molecule has 11 heteroatoms. The summed E-state index contributed by atoms with van der Waals surface area (Å²) in [6.07, 6.45) is 2.41. The third-order valence-corrected chi connectivity index (χ3v) is 7.93. The first-order valence-corrected chi connectivity index (χ1v) is 12.4. The largest absolute Gasteiger partial charge is 0.364 e. The molecule has 1 aliphatic heterocycles. The number of carbonyl (C=O) groups excluding carboxylic acids is 3. The molecule has 3 aromatic rings. The maximum absolute atomic E-state index is 14.5. The molecule has 1 aromatic heterocycles. The normalized spacial score (nSPS) is 21.0. The number of amides is 3. The Bertz CT molecular complexity index is 1360. The van der Waals surface area contributed by atoms with Crippen LogP contribution in [0.15, 0.2) is 40.9 Å². The molecule has 2 aromatic carbocycles. The lowest BCUT2D eigenvalue weighted by molar-refractivity contribution is -0.143. The average Bonchev–Trinajstić information content (AvgIpc) is 3.55. The highest BCUT2D eigenvalue weighted by atomic mass is 79.9. The molecule has 1 saturated carbocycles. The summed E-state index contributed by atoms with van der Waals surface area (Å²) in [5.41, 5.74) is 6.42. The Morgan fingerprint density at radius 1 is 1.20 bits per heavy atom. The molecule has 0 spiro atoms. The van der Waals surface area contributed by atoms with Gasteiger partial charge in [-0.25, -0.2) is 4.39 Å².